The van der Waals surface area contributed by atoms with Crippen LogP contribution in [0.1, 0.15) is 5.56 Å². The molecule has 0 bridgehead atoms. The van der Waals surface area contributed by atoms with E-state index >= 15 is 0 Å². The highest BCUT2D eigenvalue weighted by atomic mass is 79.9. The summed E-state index contributed by atoms with van der Waals surface area (Å²) in [7, 11) is 0. The Hall–Kier alpha value is -0.770. The molecule has 0 spiro atoms. The van der Waals surface area contributed by atoms with Crippen LogP contribution in [-0.2, 0) is 6.54 Å². The van der Waals surface area contributed by atoms with Gasteiger partial charge < -0.3 is 5.32 Å². The summed E-state index contributed by atoms with van der Waals surface area (Å²) >= 11 is 15.2. The molecule has 0 saturated heterocycles. The second-order valence-electron chi connectivity index (χ2n) is 3.44. The molecule has 0 unspecified atom stereocenters. The van der Waals surface area contributed by atoms with Crippen molar-refractivity contribution in [1.29, 1.82) is 0 Å². The Kier molecular flexibility index (Phi) is 4.26. The predicted molar refractivity (Wildman–Crippen MR) is 75.7 cm³/mol. The second-order valence-corrected chi connectivity index (χ2v) is 5.01. The van der Waals surface area contributed by atoms with Crippen molar-refractivity contribution in [1.82, 2.24) is 4.98 Å². The third-order valence-electron chi connectivity index (χ3n) is 2.23. The van der Waals surface area contributed by atoms with Crippen LogP contribution >= 0.6 is 39.1 Å². The van der Waals surface area contributed by atoms with E-state index in [0.29, 0.717) is 16.6 Å². The van der Waals surface area contributed by atoms with Crippen molar-refractivity contribution in [3.05, 3.63) is 56.7 Å². The fraction of sp³-hybridized carbons (Fsp3) is 0.0833. The first-order chi connectivity index (χ1) is 8.16. The molecule has 1 heterocycles. The van der Waals surface area contributed by atoms with Gasteiger partial charge in [0, 0.05) is 12.7 Å². The number of halogens is 3. The topological polar surface area (TPSA) is 24.9 Å². The molecule has 0 fully saturated rings. The molecule has 0 atom stereocenters. The molecule has 0 radical (unpaired) electrons. The standard InChI is InChI=1S/C12H9BrCl2N2/c13-12-11(2-1-5-16-12)17-7-8-3-4-9(14)10(15)6-8/h1-6,17H,7H2. The van der Waals surface area contributed by atoms with Gasteiger partial charge in [0.15, 0.2) is 0 Å². The Morgan fingerprint density at radius 1 is 1.18 bits per heavy atom. The number of aromatic nitrogens is 1. The van der Waals surface area contributed by atoms with Crippen LogP contribution in [0.25, 0.3) is 0 Å². The number of anilines is 1. The lowest BCUT2D eigenvalue weighted by Crippen LogP contribution is -2.00. The van der Waals surface area contributed by atoms with Gasteiger partial charge in [-0.1, -0.05) is 29.3 Å². The fourth-order valence-corrected chi connectivity index (χ4v) is 2.08. The molecule has 0 aliphatic heterocycles. The highest BCUT2D eigenvalue weighted by Crippen LogP contribution is 2.24. The third-order valence-corrected chi connectivity index (χ3v) is 3.60. The molecular formula is C12H9BrCl2N2. The van der Waals surface area contributed by atoms with Gasteiger partial charge in [-0.25, -0.2) is 4.98 Å². The summed E-state index contributed by atoms with van der Waals surface area (Å²) in [5.74, 6) is 0. The van der Waals surface area contributed by atoms with Gasteiger partial charge in [0.2, 0.25) is 0 Å². The second kappa shape index (κ2) is 5.71. The first-order valence-corrected chi connectivity index (χ1v) is 6.50. The predicted octanol–water partition coefficient (Wildman–Crippen LogP) is 4.76. The van der Waals surface area contributed by atoms with Crippen molar-refractivity contribution in [2.75, 3.05) is 5.32 Å². The average Bonchev–Trinajstić information content (AvgIpc) is 2.32. The molecule has 88 valence electrons. The number of benzene rings is 1. The van der Waals surface area contributed by atoms with Crippen LogP contribution in [0.2, 0.25) is 10.0 Å². The van der Waals surface area contributed by atoms with Crippen LogP contribution in [0.4, 0.5) is 5.69 Å². The minimum Gasteiger partial charge on any atom is -0.379 e. The summed E-state index contributed by atoms with van der Waals surface area (Å²) in [6, 6.07) is 9.41. The van der Waals surface area contributed by atoms with E-state index in [0.717, 1.165) is 15.9 Å². The Bertz CT molecular complexity index is 532. The lowest BCUT2D eigenvalue weighted by Gasteiger charge is -2.08. The molecule has 0 aliphatic carbocycles. The minimum atomic E-state index is 0.566. The maximum atomic E-state index is 5.95. The molecule has 1 aromatic heterocycles. The Morgan fingerprint density at radius 2 is 2.00 bits per heavy atom. The lowest BCUT2D eigenvalue weighted by atomic mass is 10.2. The number of rotatable bonds is 3. The molecule has 5 heteroatoms. The largest absolute Gasteiger partial charge is 0.379 e. The summed E-state index contributed by atoms with van der Waals surface area (Å²) in [6.07, 6.45) is 1.73. The van der Waals surface area contributed by atoms with Crippen LogP contribution in [-0.4, -0.2) is 4.98 Å². The minimum absolute atomic E-state index is 0.566. The van der Waals surface area contributed by atoms with Gasteiger partial charge in [-0.05, 0) is 45.8 Å². The van der Waals surface area contributed by atoms with Crippen LogP contribution in [0, 0.1) is 0 Å². The zero-order chi connectivity index (χ0) is 12.3. The number of hydrogen-bond acceptors (Lipinski definition) is 2. The van der Waals surface area contributed by atoms with Crippen LogP contribution in [0.3, 0.4) is 0 Å². The van der Waals surface area contributed by atoms with Gasteiger partial charge >= 0.3 is 0 Å². The van der Waals surface area contributed by atoms with Gasteiger partial charge in [0.25, 0.3) is 0 Å². The van der Waals surface area contributed by atoms with Crippen LogP contribution < -0.4 is 5.32 Å². The van der Waals surface area contributed by atoms with Crippen molar-refractivity contribution < 1.29 is 0 Å². The van der Waals surface area contributed by atoms with E-state index in [1.807, 2.05) is 24.3 Å². The lowest BCUT2D eigenvalue weighted by molar-refractivity contribution is 1.13. The highest BCUT2D eigenvalue weighted by molar-refractivity contribution is 9.10. The molecule has 0 amide bonds. The summed E-state index contributed by atoms with van der Waals surface area (Å²) < 4.78 is 0.792. The van der Waals surface area contributed by atoms with E-state index in [1.165, 1.54) is 0 Å². The van der Waals surface area contributed by atoms with E-state index in [2.05, 4.69) is 26.2 Å². The van der Waals surface area contributed by atoms with E-state index in [4.69, 9.17) is 23.2 Å². The molecule has 0 saturated carbocycles. The van der Waals surface area contributed by atoms with Gasteiger partial charge in [-0.3, -0.25) is 0 Å². The molecule has 1 N–H and O–H groups in total. The molecule has 2 rings (SSSR count). The number of nitrogens with one attached hydrogen (secondary N) is 1. The maximum Gasteiger partial charge on any atom is 0.129 e. The van der Waals surface area contributed by atoms with E-state index in [-0.39, 0.29) is 0 Å². The third kappa shape index (κ3) is 3.35. The number of hydrogen-bond donors (Lipinski definition) is 1. The molecule has 0 aliphatic rings. The zero-order valence-corrected chi connectivity index (χ0v) is 11.9. The maximum absolute atomic E-state index is 5.95. The number of nitrogens with zero attached hydrogens (tertiary/aromatic N) is 1. The molecular weight excluding hydrogens is 323 g/mol. The normalized spacial score (nSPS) is 10.3. The van der Waals surface area contributed by atoms with Crippen molar-refractivity contribution >= 4 is 44.8 Å². The monoisotopic (exact) mass is 330 g/mol. The van der Waals surface area contributed by atoms with Crippen molar-refractivity contribution in [2.24, 2.45) is 0 Å². The van der Waals surface area contributed by atoms with E-state index in [9.17, 15) is 0 Å². The van der Waals surface area contributed by atoms with E-state index in [1.54, 1.807) is 12.3 Å². The fourth-order valence-electron chi connectivity index (χ4n) is 1.36. The van der Waals surface area contributed by atoms with Crippen molar-refractivity contribution in [3.63, 3.8) is 0 Å². The zero-order valence-electron chi connectivity index (χ0n) is 8.75. The Balaban J connectivity index is 2.08. The Labute approximate surface area is 118 Å². The van der Waals surface area contributed by atoms with E-state index < -0.39 is 0 Å². The average molecular weight is 332 g/mol. The summed E-state index contributed by atoms with van der Waals surface area (Å²) in [5, 5.41) is 4.40. The highest BCUT2D eigenvalue weighted by Gasteiger charge is 2.01. The van der Waals surface area contributed by atoms with Crippen molar-refractivity contribution in [2.45, 2.75) is 6.54 Å². The Morgan fingerprint density at radius 3 is 2.71 bits per heavy atom. The first-order valence-electron chi connectivity index (χ1n) is 4.95. The molecule has 2 aromatic rings. The smallest absolute Gasteiger partial charge is 0.129 e. The summed E-state index contributed by atoms with van der Waals surface area (Å²) in [4.78, 5) is 4.13. The van der Waals surface area contributed by atoms with Crippen molar-refractivity contribution in [3.8, 4) is 0 Å². The molecule has 2 nitrogen and oxygen atoms in total. The van der Waals surface area contributed by atoms with Crippen LogP contribution in [0.15, 0.2) is 41.1 Å². The van der Waals surface area contributed by atoms with Gasteiger partial charge in [-0.15, -0.1) is 0 Å². The quantitative estimate of drug-likeness (QED) is 0.820. The summed E-state index contributed by atoms with van der Waals surface area (Å²) in [5.41, 5.74) is 2.01. The van der Waals surface area contributed by atoms with Gasteiger partial charge in [-0.2, -0.15) is 0 Å². The molecule has 17 heavy (non-hydrogen) atoms. The SMILES string of the molecule is Clc1ccc(CNc2cccnc2Br)cc1Cl. The first kappa shape index (κ1) is 12.7. The van der Waals surface area contributed by atoms with Gasteiger partial charge in [0.05, 0.1) is 15.7 Å². The summed E-state index contributed by atoms with van der Waals surface area (Å²) in [6.45, 7) is 0.668. The number of pyridine rings is 1. The van der Waals surface area contributed by atoms with Crippen LogP contribution in [0.5, 0.6) is 0 Å². The van der Waals surface area contributed by atoms with Gasteiger partial charge in [0.1, 0.15) is 4.60 Å². The molecule has 1 aromatic carbocycles.